The molecule has 0 aromatic heterocycles. The molecule has 0 saturated carbocycles. The monoisotopic (exact) mass is 411 g/mol. The summed E-state index contributed by atoms with van der Waals surface area (Å²) in [6.07, 6.45) is -5.77. The largest absolute Gasteiger partial charge is 1.00 e. The second-order valence-electron chi connectivity index (χ2n) is 5.18. The van der Waals surface area contributed by atoms with Gasteiger partial charge in [-0.3, -0.25) is 34.1 Å². The Labute approximate surface area is 195 Å². The molecule has 0 spiro atoms. The molecule has 140 valence electrons. The first-order chi connectivity index (χ1) is 11.3. The van der Waals surface area contributed by atoms with Crippen molar-refractivity contribution in [2.75, 3.05) is 0 Å². The van der Waals surface area contributed by atoms with E-state index in [9.17, 15) is 39.0 Å². The third kappa shape index (κ3) is 9.51. The second kappa shape index (κ2) is 12.3. The average molecular weight is 411 g/mol. The van der Waals surface area contributed by atoms with Gasteiger partial charge in [0.2, 0.25) is 0 Å². The van der Waals surface area contributed by atoms with E-state index in [-0.39, 0.29) is 59.1 Å². The Morgan fingerprint density at radius 2 is 0.704 bits per heavy atom. The summed E-state index contributed by atoms with van der Waals surface area (Å²) in [5.74, 6) is -11.5. The average Bonchev–Trinajstić information content (AvgIpc) is 2.34. The van der Waals surface area contributed by atoms with Gasteiger partial charge in [0, 0.05) is 0 Å². The first-order valence-electron chi connectivity index (χ1n) is 6.39. The van der Waals surface area contributed by atoms with Crippen LogP contribution in [0.5, 0.6) is 0 Å². The van der Waals surface area contributed by atoms with E-state index in [1.54, 1.807) is 5.32 Å². The standard InChI is InChI=1S/C12H15NO12.2Na/c14-5(15)1-11(9(22)23,2-6(16)17)13-12(10(24)25,3-7(18)19)4-8(20)21;;/h13H,1-4H2,(H,14,15)(H,16,17)(H,18,19)(H,20,21)(H,22,23)(H,24,25);;/q;2*+1. The quantitative estimate of drug-likeness (QED) is 0.148. The molecule has 0 amide bonds. The molecule has 15 heteroatoms. The van der Waals surface area contributed by atoms with Gasteiger partial charge in [-0.1, -0.05) is 0 Å². The molecule has 13 nitrogen and oxygen atoms in total. The molecular formula is C12H15NNa2O12+2. The zero-order chi connectivity index (χ0) is 20.0. The summed E-state index contributed by atoms with van der Waals surface area (Å²) in [5.41, 5.74) is -5.91. The summed E-state index contributed by atoms with van der Waals surface area (Å²) < 4.78 is 0. The molecule has 0 bridgehead atoms. The van der Waals surface area contributed by atoms with Crippen LogP contribution in [-0.4, -0.2) is 77.5 Å². The molecule has 0 fully saturated rings. The van der Waals surface area contributed by atoms with E-state index in [0.29, 0.717) is 0 Å². The van der Waals surface area contributed by atoms with E-state index in [2.05, 4.69) is 0 Å². The van der Waals surface area contributed by atoms with Crippen LogP contribution in [0.25, 0.3) is 0 Å². The minimum atomic E-state index is -2.96. The second-order valence-corrected chi connectivity index (χ2v) is 5.18. The summed E-state index contributed by atoms with van der Waals surface area (Å²) in [7, 11) is 0. The molecule has 0 aromatic carbocycles. The molecule has 0 aliphatic heterocycles. The van der Waals surface area contributed by atoms with Crippen LogP contribution in [0.2, 0.25) is 0 Å². The molecule has 0 aromatic rings. The van der Waals surface area contributed by atoms with Crippen LogP contribution in [0.1, 0.15) is 25.7 Å². The normalized spacial score (nSPS) is 10.7. The van der Waals surface area contributed by atoms with Crippen LogP contribution in [0.3, 0.4) is 0 Å². The molecule has 0 aliphatic carbocycles. The van der Waals surface area contributed by atoms with Crippen LogP contribution in [0.4, 0.5) is 0 Å². The minimum absolute atomic E-state index is 0. The number of hydrogen-bond acceptors (Lipinski definition) is 7. The zero-order valence-electron chi connectivity index (χ0n) is 14.5. The SMILES string of the molecule is O=C(O)CC(CC(=O)O)(NC(CC(=O)O)(CC(=O)O)C(=O)O)C(=O)O.[Na+].[Na+]. The fourth-order valence-corrected chi connectivity index (χ4v) is 2.20. The molecule has 0 heterocycles. The van der Waals surface area contributed by atoms with Gasteiger partial charge >= 0.3 is 94.9 Å². The number of aliphatic carboxylic acids is 6. The Morgan fingerprint density at radius 1 is 0.519 bits per heavy atom. The molecule has 0 rings (SSSR count). The fraction of sp³-hybridized carbons (Fsp3) is 0.500. The maximum Gasteiger partial charge on any atom is 1.00 e. The molecule has 27 heavy (non-hydrogen) atoms. The van der Waals surface area contributed by atoms with Gasteiger partial charge in [-0.15, -0.1) is 0 Å². The number of nitrogens with one attached hydrogen (secondary N) is 1. The predicted molar refractivity (Wildman–Crippen MR) is 72.9 cm³/mol. The van der Waals surface area contributed by atoms with Gasteiger partial charge in [-0.05, 0) is 0 Å². The van der Waals surface area contributed by atoms with Gasteiger partial charge in [0.25, 0.3) is 0 Å². The Morgan fingerprint density at radius 3 is 0.815 bits per heavy atom. The molecule has 0 unspecified atom stereocenters. The van der Waals surface area contributed by atoms with Crippen molar-refractivity contribution in [1.82, 2.24) is 5.32 Å². The first kappa shape index (κ1) is 30.5. The Kier molecular flexibility index (Phi) is 13.9. The summed E-state index contributed by atoms with van der Waals surface area (Å²) in [6.45, 7) is 0. The predicted octanol–water partition coefficient (Wildman–Crippen LogP) is -7.87. The van der Waals surface area contributed by atoms with Gasteiger partial charge in [0.15, 0.2) is 0 Å². The van der Waals surface area contributed by atoms with Gasteiger partial charge in [-0.25, -0.2) is 0 Å². The number of carbonyl (C=O) groups is 6. The van der Waals surface area contributed by atoms with Gasteiger partial charge in [0.05, 0.1) is 25.7 Å². The number of hydrogen-bond donors (Lipinski definition) is 7. The van der Waals surface area contributed by atoms with E-state index in [1.807, 2.05) is 0 Å². The smallest absolute Gasteiger partial charge is 0.481 e. The van der Waals surface area contributed by atoms with Crippen LogP contribution in [0, 0.1) is 0 Å². The first-order valence-corrected chi connectivity index (χ1v) is 6.39. The molecule has 0 atom stereocenters. The van der Waals surface area contributed by atoms with E-state index in [0.717, 1.165) is 0 Å². The van der Waals surface area contributed by atoms with Crippen molar-refractivity contribution in [3.05, 3.63) is 0 Å². The van der Waals surface area contributed by atoms with Crippen LogP contribution >= 0.6 is 0 Å². The third-order valence-corrected chi connectivity index (χ3v) is 3.11. The maximum absolute atomic E-state index is 11.5. The van der Waals surface area contributed by atoms with Crippen molar-refractivity contribution in [3.8, 4) is 0 Å². The number of carboxylic acid groups (broad SMARTS) is 6. The van der Waals surface area contributed by atoms with E-state index >= 15 is 0 Å². The van der Waals surface area contributed by atoms with Gasteiger partial charge < -0.3 is 30.6 Å². The van der Waals surface area contributed by atoms with Crippen molar-refractivity contribution in [2.24, 2.45) is 0 Å². The maximum atomic E-state index is 11.5. The van der Waals surface area contributed by atoms with E-state index in [1.165, 1.54) is 0 Å². The number of carboxylic acids is 6. The van der Waals surface area contributed by atoms with Crippen molar-refractivity contribution in [3.63, 3.8) is 0 Å². The van der Waals surface area contributed by atoms with Gasteiger partial charge in [0.1, 0.15) is 11.1 Å². The third-order valence-electron chi connectivity index (χ3n) is 3.11. The van der Waals surface area contributed by atoms with Crippen molar-refractivity contribution in [2.45, 2.75) is 36.8 Å². The van der Waals surface area contributed by atoms with Crippen molar-refractivity contribution >= 4 is 35.8 Å². The summed E-state index contributed by atoms with van der Waals surface area (Å²) in [5, 5.41) is 55.5. The van der Waals surface area contributed by atoms with Crippen molar-refractivity contribution in [1.29, 1.82) is 0 Å². The summed E-state index contributed by atoms with van der Waals surface area (Å²) in [6, 6.07) is 0. The molecular weight excluding hydrogens is 396 g/mol. The Hall–Kier alpha value is -1.22. The topological polar surface area (TPSA) is 236 Å². The molecule has 0 saturated heterocycles. The van der Waals surface area contributed by atoms with Crippen LogP contribution < -0.4 is 64.4 Å². The molecule has 0 aliphatic rings. The van der Waals surface area contributed by atoms with E-state index in [4.69, 9.17) is 20.4 Å². The van der Waals surface area contributed by atoms with Crippen LogP contribution in [0.15, 0.2) is 0 Å². The zero-order valence-corrected chi connectivity index (χ0v) is 18.5. The van der Waals surface area contributed by atoms with Crippen molar-refractivity contribution < 1.29 is 119 Å². The Bertz CT molecular complexity index is 536. The fourth-order valence-electron chi connectivity index (χ4n) is 2.20. The van der Waals surface area contributed by atoms with Gasteiger partial charge in [-0.2, -0.15) is 0 Å². The molecule has 0 radical (unpaired) electrons. The van der Waals surface area contributed by atoms with Crippen LogP contribution in [-0.2, 0) is 28.8 Å². The van der Waals surface area contributed by atoms with E-state index < -0.39 is 72.6 Å². The summed E-state index contributed by atoms with van der Waals surface area (Å²) in [4.78, 5) is 66.7. The number of rotatable bonds is 12. The Balaban J connectivity index is -0.00000288. The summed E-state index contributed by atoms with van der Waals surface area (Å²) >= 11 is 0. The minimum Gasteiger partial charge on any atom is -0.481 e. The molecule has 7 N–H and O–H groups in total.